The van der Waals surface area contributed by atoms with E-state index in [1.165, 1.54) is 0 Å². The molecule has 5 nitrogen and oxygen atoms in total. The van der Waals surface area contributed by atoms with Gasteiger partial charge >= 0.3 is 0 Å². The number of amides is 1. The quantitative estimate of drug-likeness (QED) is 0.813. The van der Waals surface area contributed by atoms with Crippen molar-refractivity contribution in [2.75, 3.05) is 13.1 Å². The van der Waals surface area contributed by atoms with E-state index in [0.717, 1.165) is 11.5 Å². The molecule has 0 atom stereocenters. The molecule has 19 heavy (non-hydrogen) atoms. The zero-order valence-corrected chi connectivity index (χ0v) is 10.7. The van der Waals surface area contributed by atoms with Crippen molar-refractivity contribution in [3.8, 4) is 0 Å². The van der Waals surface area contributed by atoms with Gasteiger partial charge in [-0.2, -0.15) is 0 Å². The number of rotatable bonds is 2. The Balaban J connectivity index is 1.66. The van der Waals surface area contributed by atoms with Gasteiger partial charge in [-0.1, -0.05) is 0 Å². The maximum absolute atomic E-state index is 12.1. The van der Waals surface area contributed by atoms with Crippen LogP contribution in [0.3, 0.4) is 0 Å². The molecule has 1 aliphatic rings. The summed E-state index contributed by atoms with van der Waals surface area (Å²) < 4.78 is 0. The first-order valence-corrected chi connectivity index (χ1v) is 6.23. The Morgan fingerprint density at radius 3 is 2.84 bits per heavy atom. The molecule has 2 aromatic rings. The van der Waals surface area contributed by atoms with Gasteiger partial charge < -0.3 is 4.90 Å². The van der Waals surface area contributed by atoms with Crippen LogP contribution < -0.4 is 0 Å². The van der Waals surface area contributed by atoms with E-state index >= 15 is 0 Å². The predicted octanol–water partition coefficient (Wildman–Crippen LogP) is 1.42. The van der Waals surface area contributed by atoms with Gasteiger partial charge in [-0.3, -0.25) is 9.78 Å². The van der Waals surface area contributed by atoms with Gasteiger partial charge in [0.25, 0.3) is 5.91 Å². The van der Waals surface area contributed by atoms with Gasteiger partial charge in [0.15, 0.2) is 0 Å². The molecule has 3 rings (SSSR count). The maximum Gasteiger partial charge on any atom is 0.255 e. The third-order valence-corrected chi connectivity index (χ3v) is 3.26. The molecule has 5 heteroatoms. The van der Waals surface area contributed by atoms with Crippen LogP contribution in [0.15, 0.2) is 36.8 Å². The van der Waals surface area contributed by atoms with Crippen LogP contribution >= 0.6 is 0 Å². The van der Waals surface area contributed by atoms with Gasteiger partial charge in [-0.25, -0.2) is 9.97 Å². The summed E-state index contributed by atoms with van der Waals surface area (Å²) in [5.41, 5.74) is 1.59. The molecule has 0 spiro atoms. The molecule has 0 bridgehead atoms. The second kappa shape index (κ2) is 4.76. The maximum atomic E-state index is 12.1. The summed E-state index contributed by atoms with van der Waals surface area (Å²) >= 11 is 0. The normalized spacial score (nSPS) is 15.1. The molecular formula is C14H14N4O. The van der Waals surface area contributed by atoms with E-state index in [-0.39, 0.29) is 11.8 Å². The van der Waals surface area contributed by atoms with Crippen molar-refractivity contribution >= 4 is 5.91 Å². The van der Waals surface area contributed by atoms with Crippen LogP contribution in [0.5, 0.6) is 0 Å². The van der Waals surface area contributed by atoms with Crippen LogP contribution in [0.2, 0.25) is 0 Å². The number of hydrogen-bond donors (Lipinski definition) is 0. The minimum absolute atomic E-state index is 0.0250. The summed E-state index contributed by atoms with van der Waals surface area (Å²) in [5.74, 6) is 1.10. The lowest BCUT2D eigenvalue weighted by Crippen LogP contribution is -2.49. The molecule has 0 radical (unpaired) electrons. The zero-order valence-electron chi connectivity index (χ0n) is 10.7. The monoisotopic (exact) mass is 254 g/mol. The standard InChI is InChI=1S/C14H14N4O/c1-10-4-6-16-13(17-10)12-8-18(9-12)14(19)11-3-2-5-15-7-11/h2-7,12H,8-9H2,1H3. The van der Waals surface area contributed by atoms with Crippen molar-refractivity contribution in [1.82, 2.24) is 19.9 Å². The van der Waals surface area contributed by atoms with Crippen LogP contribution in [-0.4, -0.2) is 38.8 Å². The number of pyridine rings is 1. The van der Waals surface area contributed by atoms with Crippen molar-refractivity contribution in [2.24, 2.45) is 0 Å². The Hall–Kier alpha value is -2.30. The zero-order chi connectivity index (χ0) is 13.2. The number of carbonyl (C=O) groups is 1. The molecule has 1 amide bonds. The SMILES string of the molecule is Cc1ccnc(C2CN(C(=O)c3cccnc3)C2)n1. The summed E-state index contributed by atoms with van der Waals surface area (Å²) in [6, 6.07) is 5.43. The van der Waals surface area contributed by atoms with E-state index in [9.17, 15) is 4.79 Å². The fourth-order valence-electron chi connectivity index (χ4n) is 2.14. The first-order chi connectivity index (χ1) is 9.24. The molecule has 3 heterocycles. The fourth-order valence-corrected chi connectivity index (χ4v) is 2.14. The summed E-state index contributed by atoms with van der Waals surface area (Å²) in [5, 5.41) is 0. The average Bonchev–Trinajstić information content (AvgIpc) is 2.38. The van der Waals surface area contributed by atoms with E-state index in [0.29, 0.717) is 18.7 Å². The second-order valence-corrected chi connectivity index (χ2v) is 4.70. The van der Waals surface area contributed by atoms with Crippen LogP contribution in [-0.2, 0) is 0 Å². The van der Waals surface area contributed by atoms with Gasteiger partial charge in [0.2, 0.25) is 0 Å². The third kappa shape index (κ3) is 2.31. The summed E-state index contributed by atoms with van der Waals surface area (Å²) in [4.78, 5) is 26.5. The molecule has 0 N–H and O–H groups in total. The topological polar surface area (TPSA) is 59.0 Å². The molecular weight excluding hydrogens is 240 g/mol. The Kier molecular flexibility index (Phi) is 2.95. The smallest absolute Gasteiger partial charge is 0.255 e. The minimum atomic E-state index is 0.0250. The summed E-state index contributed by atoms with van der Waals surface area (Å²) in [6.45, 7) is 3.30. The highest BCUT2D eigenvalue weighted by Gasteiger charge is 2.34. The third-order valence-electron chi connectivity index (χ3n) is 3.26. The fraction of sp³-hybridized carbons (Fsp3) is 0.286. The van der Waals surface area contributed by atoms with E-state index in [1.54, 1.807) is 35.6 Å². The Morgan fingerprint density at radius 2 is 2.16 bits per heavy atom. The van der Waals surface area contributed by atoms with Crippen LogP contribution in [0.4, 0.5) is 0 Å². The summed E-state index contributed by atoms with van der Waals surface area (Å²) in [6.07, 6.45) is 5.03. The lowest BCUT2D eigenvalue weighted by Gasteiger charge is -2.38. The number of likely N-dealkylation sites (tertiary alicyclic amines) is 1. The summed E-state index contributed by atoms with van der Waals surface area (Å²) in [7, 11) is 0. The molecule has 1 fully saturated rings. The van der Waals surface area contributed by atoms with Crippen molar-refractivity contribution in [1.29, 1.82) is 0 Å². The molecule has 2 aromatic heterocycles. The van der Waals surface area contributed by atoms with Crippen LogP contribution in [0.1, 0.15) is 27.8 Å². The molecule has 0 saturated carbocycles. The van der Waals surface area contributed by atoms with Crippen LogP contribution in [0, 0.1) is 6.92 Å². The van der Waals surface area contributed by atoms with Crippen molar-refractivity contribution in [2.45, 2.75) is 12.8 Å². The van der Waals surface area contributed by atoms with Gasteiger partial charge in [-0.05, 0) is 25.1 Å². The van der Waals surface area contributed by atoms with Crippen molar-refractivity contribution < 1.29 is 4.79 Å². The van der Waals surface area contributed by atoms with E-state index in [4.69, 9.17) is 0 Å². The Bertz CT molecular complexity index is 593. The van der Waals surface area contributed by atoms with E-state index < -0.39 is 0 Å². The highest BCUT2D eigenvalue weighted by atomic mass is 16.2. The van der Waals surface area contributed by atoms with E-state index in [2.05, 4.69) is 15.0 Å². The Morgan fingerprint density at radius 1 is 1.32 bits per heavy atom. The number of aromatic nitrogens is 3. The molecule has 0 aliphatic carbocycles. The minimum Gasteiger partial charge on any atom is -0.337 e. The number of nitrogens with zero attached hydrogens (tertiary/aromatic N) is 4. The van der Waals surface area contributed by atoms with Gasteiger partial charge in [0.1, 0.15) is 5.82 Å². The highest BCUT2D eigenvalue weighted by molar-refractivity contribution is 5.94. The molecule has 96 valence electrons. The number of aryl methyl sites for hydroxylation is 1. The molecule has 0 unspecified atom stereocenters. The second-order valence-electron chi connectivity index (χ2n) is 4.70. The average molecular weight is 254 g/mol. The van der Waals surface area contributed by atoms with Crippen LogP contribution in [0.25, 0.3) is 0 Å². The van der Waals surface area contributed by atoms with E-state index in [1.807, 2.05) is 13.0 Å². The van der Waals surface area contributed by atoms with Gasteiger partial charge in [0.05, 0.1) is 11.5 Å². The molecule has 1 saturated heterocycles. The predicted molar refractivity (Wildman–Crippen MR) is 69.7 cm³/mol. The largest absolute Gasteiger partial charge is 0.337 e. The van der Waals surface area contributed by atoms with Gasteiger partial charge in [0, 0.05) is 37.4 Å². The number of carbonyl (C=O) groups excluding carboxylic acids is 1. The molecule has 0 aromatic carbocycles. The lowest BCUT2D eigenvalue weighted by atomic mass is 9.98. The lowest BCUT2D eigenvalue weighted by molar-refractivity contribution is 0.0594. The molecule has 1 aliphatic heterocycles. The highest BCUT2D eigenvalue weighted by Crippen LogP contribution is 2.25. The first-order valence-electron chi connectivity index (χ1n) is 6.23. The Labute approximate surface area is 111 Å². The van der Waals surface area contributed by atoms with Crippen molar-refractivity contribution in [3.63, 3.8) is 0 Å². The van der Waals surface area contributed by atoms with Crippen molar-refractivity contribution in [3.05, 3.63) is 53.9 Å². The first kappa shape index (κ1) is 11.8. The van der Waals surface area contributed by atoms with Gasteiger partial charge in [-0.15, -0.1) is 0 Å². The number of hydrogen-bond acceptors (Lipinski definition) is 4.